The minimum atomic E-state index is 0.566. The smallest absolute Gasteiger partial charge is 0.237 e. The van der Waals surface area contributed by atoms with E-state index in [0.29, 0.717) is 24.1 Å². The van der Waals surface area contributed by atoms with Gasteiger partial charge in [-0.3, -0.25) is 0 Å². The molecule has 2 heterocycles. The van der Waals surface area contributed by atoms with Crippen molar-refractivity contribution < 1.29 is 9.26 Å². The molecule has 0 saturated heterocycles. The Bertz CT molecular complexity index is 997. The maximum atomic E-state index is 5.39. The van der Waals surface area contributed by atoms with E-state index in [0.717, 1.165) is 28.3 Å². The predicted molar refractivity (Wildman–Crippen MR) is 101 cm³/mol. The molecule has 7 heteroatoms. The maximum absolute atomic E-state index is 5.39. The quantitative estimate of drug-likeness (QED) is 0.460. The number of aromatic nitrogens is 4. The lowest BCUT2D eigenvalue weighted by Crippen LogP contribution is -2.05. The fraction of sp³-hybridized carbons (Fsp3) is 0.211. The lowest BCUT2D eigenvalue weighted by molar-refractivity contribution is 0.186. The van der Waals surface area contributed by atoms with Gasteiger partial charge in [0.15, 0.2) is 5.16 Å². The second kappa shape index (κ2) is 7.72. The molecule has 4 aromatic rings. The van der Waals surface area contributed by atoms with Gasteiger partial charge in [-0.2, -0.15) is 4.98 Å². The molecule has 0 aliphatic carbocycles. The van der Waals surface area contributed by atoms with Crippen LogP contribution in [0.25, 0.3) is 22.4 Å². The number of methoxy groups -OCH3 is 1. The molecule has 0 amide bonds. The van der Waals surface area contributed by atoms with Crippen LogP contribution in [0.15, 0.2) is 64.3 Å². The summed E-state index contributed by atoms with van der Waals surface area (Å²) in [6.45, 7) is 1.38. The molecule has 0 N–H and O–H groups in total. The summed E-state index contributed by atoms with van der Waals surface area (Å²) >= 11 is 1.58. The molecule has 4 rings (SSSR count). The minimum absolute atomic E-state index is 0.566. The Morgan fingerprint density at radius 2 is 1.85 bits per heavy atom. The van der Waals surface area contributed by atoms with Crippen LogP contribution in [-0.4, -0.2) is 33.4 Å². The van der Waals surface area contributed by atoms with E-state index in [1.165, 1.54) is 0 Å². The van der Waals surface area contributed by atoms with Crippen molar-refractivity contribution in [3.8, 4) is 11.4 Å². The number of hydrogen-bond acceptors (Lipinski definition) is 6. The van der Waals surface area contributed by atoms with Crippen molar-refractivity contribution in [2.24, 2.45) is 0 Å². The first-order chi connectivity index (χ1) is 12.8. The molecule has 0 bridgehead atoms. The van der Waals surface area contributed by atoms with Gasteiger partial charge in [0.2, 0.25) is 11.7 Å². The molecule has 0 aliphatic heterocycles. The summed E-state index contributed by atoms with van der Waals surface area (Å²) in [7, 11) is 1.70. The second-order valence-electron chi connectivity index (χ2n) is 5.69. The van der Waals surface area contributed by atoms with Crippen LogP contribution >= 0.6 is 11.8 Å². The standard InChI is InChI=1S/C19H18N4O2S/c1-24-12-11-23-16-10-6-5-9-15(16)20-19(23)26-13-17-21-18(22-25-17)14-7-3-2-4-8-14/h2-10H,11-13H2,1H3. The summed E-state index contributed by atoms with van der Waals surface area (Å²) < 4.78 is 12.8. The van der Waals surface area contributed by atoms with Crippen LogP contribution in [0.4, 0.5) is 0 Å². The molecule has 0 atom stereocenters. The lowest BCUT2D eigenvalue weighted by Gasteiger charge is -2.07. The third-order valence-corrected chi connectivity index (χ3v) is 4.92. The third kappa shape index (κ3) is 3.49. The summed E-state index contributed by atoms with van der Waals surface area (Å²) in [6.07, 6.45) is 0. The first-order valence-electron chi connectivity index (χ1n) is 8.30. The lowest BCUT2D eigenvalue weighted by atomic mass is 10.2. The SMILES string of the molecule is COCCn1c(SCc2nc(-c3ccccc3)no2)nc2ccccc21. The van der Waals surface area contributed by atoms with Gasteiger partial charge < -0.3 is 13.8 Å². The Balaban J connectivity index is 1.54. The van der Waals surface area contributed by atoms with E-state index in [4.69, 9.17) is 14.2 Å². The molecule has 0 unspecified atom stereocenters. The van der Waals surface area contributed by atoms with E-state index in [2.05, 4.69) is 20.8 Å². The van der Waals surface area contributed by atoms with Gasteiger partial charge in [-0.1, -0.05) is 59.4 Å². The zero-order valence-electron chi connectivity index (χ0n) is 14.3. The van der Waals surface area contributed by atoms with Crippen molar-refractivity contribution >= 4 is 22.8 Å². The summed E-state index contributed by atoms with van der Waals surface area (Å²) in [4.78, 5) is 9.21. The number of nitrogens with zero attached hydrogens (tertiary/aromatic N) is 4. The van der Waals surface area contributed by atoms with Gasteiger partial charge in [0.1, 0.15) is 0 Å². The Morgan fingerprint density at radius 3 is 2.69 bits per heavy atom. The highest BCUT2D eigenvalue weighted by molar-refractivity contribution is 7.98. The second-order valence-corrected chi connectivity index (χ2v) is 6.64. The third-order valence-electron chi connectivity index (χ3n) is 3.96. The normalized spacial score (nSPS) is 11.3. The molecule has 0 radical (unpaired) electrons. The molecule has 26 heavy (non-hydrogen) atoms. The van der Waals surface area contributed by atoms with E-state index in [1.807, 2.05) is 48.5 Å². The Kier molecular flexibility index (Phi) is 4.99. The molecule has 0 spiro atoms. The number of rotatable bonds is 7. The number of imidazole rings is 1. The van der Waals surface area contributed by atoms with Crippen LogP contribution in [0.5, 0.6) is 0 Å². The van der Waals surface area contributed by atoms with Gasteiger partial charge in [0, 0.05) is 19.2 Å². The Hall–Kier alpha value is -2.64. The summed E-state index contributed by atoms with van der Waals surface area (Å²) in [6, 6.07) is 17.9. The van der Waals surface area contributed by atoms with Crippen molar-refractivity contribution in [3.05, 3.63) is 60.5 Å². The van der Waals surface area contributed by atoms with Gasteiger partial charge >= 0.3 is 0 Å². The summed E-state index contributed by atoms with van der Waals surface area (Å²) in [5.74, 6) is 1.75. The summed E-state index contributed by atoms with van der Waals surface area (Å²) in [5, 5.41) is 4.99. The van der Waals surface area contributed by atoms with E-state index in [1.54, 1.807) is 18.9 Å². The van der Waals surface area contributed by atoms with E-state index >= 15 is 0 Å². The van der Waals surface area contributed by atoms with Gasteiger partial charge in [-0.05, 0) is 12.1 Å². The van der Waals surface area contributed by atoms with Crippen molar-refractivity contribution in [1.29, 1.82) is 0 Å². The first-order valence-corrected chi connectivity index (χ1v) is 9.29. The average molecular weight is 366 g/mol. The largest absolute Gasteiger partial charge is 0.383 e. The van der Waals surface area contributed by atoms with Gasteiger partial charge in [-0.25, -0.2) is 4.98 Å². The highest BCUT2D eigenvalue weighted by Crippen LogP contribution is 2.27. The zero-order chi connectivity index (χ0) is 17.8. The number of thioether (sulfide) groups is 1. The van der Waals surface area contributed by atoms with Gasteiger partial charge in [-0.15, -0.1) is 0 Å². The van der Waals surface area contributed by atoms with E-state index in [-0.39, 0.29) is 0 Å². The maximum Gasteiger partial charge on any atom is 0.237 e. The van der Waals surface area contributed by atoms with Crippen LogP contribution in [0, 0.1) is 0 Å². The molecule has 2 aromatic carbocycles. The molecule has 0 aliphatic rings. The molecule has 2 aromatic heterocycles. The number of benzene rings is 2. The highest BCUT2D eigenvalue weighted by atomic mass is 32.2. The van der Waals surface area contributed by atoms with Crippen LogP contribution in [0.2, 0.25) is 0 Å². The van der Waals surface area contributed by atoms with E-state index in [9.17, 15) is 0 Å². The molecule has 6 nitrogen and oxygen atoms in total. The minimum Gasteiger partial charge on any atom is -0.383 e. The molecular formula is C19H18N4O2S. The van der Waals surface area contributed by atoms with Crippen LogP contribution in [-0.2, 0) is 17.0 Å². The average Bonchev–Trinajstić information content (AvgIpc) is 3.30. The molecule has 0 saturated carbocycles. The molecular weight excluding hydrogens is 348 g/mol. The Morgan fingerprint density at radius 1 is 1.04 bits per heavy atom. The van der Waals surface area contributed by atoms with Gasteiger partial charge in [0.25, 0.3) is 0 Å². The number of para-hydroxylation sites is 2. The summed E-state index contributed by atoms with van der Waals surface area (Å²) in [5.41, 5.74) is 3.02. The first kappa shape index (κ1) is 16.8. The highest BCUT2D eigenvalue weighted by Gasteiger charge is 2.14. The number of fused-ring (bicyclic) bond motifs is 1. The topological polar surface area (TPSA) is 66.0 Å². The van der Waals surface area contributed by atoms with Crippen LogP contribution < -0.4 is 0 Å². The van der Waals surface area contributed by atoms with Crippen LogP contribution in [0.1, 0.15) is 5.89 Å². The van der Waals surface area contributed by atoms with Crippen molar-refractivity contribution in [1.82, 2.24) is 19.7 Å². The van der Waals surface area contributed by atoms with Crippen molar-refractivity contribution in [2.45, 2.75) is 17.5 Å². The predicted octanol–water partition coefficient (Wildman–Crippen LogP) is 4.03. The number of hydrogen-bond donors (Lipinski definition) is 0. The Labute approximate surface area is 155 Å². The van der Waals surface area contributed by atoms with Crippen molar-refractivity contribution in [3.63, 3.8) is 0 Å². The molecule has 0 fully saturated rings. The van der Waals surface area contributed by atoms with E-state index < -0.39 is 0 Å². The monoisotopic (exact) mass is 366 g/mol. The molecule has 132 valence electrons. The fourth-order valence-electron chi connectivity index (χ4n) is 2.71. The fourth-order valence-corrected chi connectivity index (χ4v) is 3.58. The van der Waals surface area contributed by atoms with Gasteiger partial charge in [0.05, 0.1) is 23.4 Å². The zero-order valence-corrected chi connectivity index (χ0v) is 15.1. The van der Waals surface area contributed by atoms with Crippen LogP contribution in [0.3, 0.4) is 0 Å². The number of ether oxygens (including phenoxy) is 1. The van der Waals surface area contributed by atoms with Crippen molar-refractivity contribution in [2.75, 3.05) is 13.7 Å².